The first kappa shape index (κ1) is 30.2. The normalized spacial score (nSPS) is 11.2. The number of aryl methyl sites for hydroxylation is 3. The summed E-state index contributed by atoms with van der Waals surface area (Å²) in [5, 5.41) is -0.431. The standard InChI is InChI=1S/C33H29FN4O5S.3H2/c1-20-16-21(2)31(22(3)17-20)43-33-26(32(39)38-44(40,41)30-11-7-10-29(35)37-30)14-15-28(36-33)25-13-12-24(18-27(25)34)42-19-23-8-5-4-6-9-23;;;/h4-18H,19H2,1-3H3,(H2,35,37)(H,38,39);3*1H. The zero-order chi connectivity index (χ0) is 31.4. The Morgan fingerprint density at radius 1 is 0.909 bits per heavy atom. The number of sulfonamides is 1. The Kier molecular flexibility index (Phi) is 8.59. The molecule has 2 heterocycles. The Bertz CT molecular complexity index is 1960. The summed E-state index contributed by atoms with van der Waals surface area (Å²) in [4.78, 5) is 21.6. The van der Waals surface area contributed by atoms with Gasteiger partial charge in [-0.3, -0.25) is 4.79 Å². The Labute approximate surface area is 259 Å². The highest BCUT2D eigenvalue weighted by Crippen LogP contribution is 2.34. The van der Waals surface area contributed by atoms with Crippen molar-refractivity contribution in [2.45, 2.75) is 32.4 Å². The molecule has 1 amide bonds. The number of nitrogens with one attached hydrogen (secondary N) is 1. The molecule has 0 unspecified atom stereocenters. The average Bonchev–Trinajstić information content (AvgIpc) is 2.98. The molecule has 0 fully saturated rings. The molecular formula is C33H35FN4O5S. The van der Waals surface area contributed by atoms with E-state index in [-0.39, 0.29) is 39.4 Å². The second-order valence-electron chi connectivity index (χ2n) is 10.1. The van der Waals surface area contributed by atoms with E-state index >= 15 is 4.39 Å². The predicted octanol–water partition coefficient (Wildman–Crippen LogP) is 7.02. The number of hydrogen-bond donors (Lipinski definition) is 2. The lowest BCUT2D eigenvalue weighted by molar-refractivity contribution is 0.0978. The maximum atomic E-state index is 15.4. The summed E-state index contributed by atoms with van der Waals surface area (Å²) in [6.07, 6.45) is 0. The van der Waals surface area contributed by atoms with E-state index in [0.717, 1.165) is 22.3 Å². The number of aromatic nitrogens is 2. The molecule has 5 rings (SSSR count). The van der Waals surface area contributed by atoms with Crippen LogP contribution in [-0.4, -0.2) is 24.3 Å². The number of benzene rings is 3. The summed E-state index contributed by atoms with van der Waals surface area (Å²) in [7, 11) is -4.39. The molecule has 0 atom stereocenters. The Balaban J connectivity index is 0.00000256. The molecule has 0 aliphatic carbocycles. The number of nitrogens with two attached hydrogens (primary N) is 1. The molecule has 0 aliphatic rings. The van der Waals surface area contributed by atoms with E-state index in [4.69, 9.17) is 15.2 Å². The van der Waals surface area contributed by atoms with Crippen molar-refractivity contribution >= 4 is 21.7 Å². The molecule has 5 aromatic rings. The minimum absolute atomic E-state index is 0. The minimum Gasteiger partial charge on any atom is -0.489 e. The number of ether oxygens (including phenoxy) is 2. The lowest BCUT2D eigenvalue weighted by Crippen LogP contribution is -2.31. The maximum absolute atomic E-state index is 15.4. The number of carbonyl (C=O) groups is 1. The monoisotopic (exact) mass is 618 g/mol. The topological polar surface area (TPSA) is 134 Å². The van der Waals surface area contributed by atoms with Gasteiger partial charge in [-0.1, -0.05) is 54.1 Å². The number of nitrogens with zero attached hydrogens (tertiary/aromatic N) is 2. The van der Waals surface area contributed by atoms with Crippen molar-refractivity contribution in [2.75, 3.05) is 5.73 Å². The number of carbonyl (C=O) groups excluding carboxylic acids is 1. The van der Waals surface area contributed by atoms with Crippen LogP contribution in [0.1, 0.15) is 36.9 Å². The van der Waals surface area contributed by atoms with Gasteiger partial charge < -0.3 is 15.2 Å². The summed E-state index contributed by atoms with van der Waals surface area (Å²) in [6.45, 7) is 5.88. The van der Waals surface area contributed by atoms with Crippen LogP contribution in [0.4, 0.5) is 10.2 Å². The molecule has 9 nitrogen and oxygen atoms in total. The van der Waals surface area contributed by atoms with Gasteiger partial charge in [0.15, 0.2) is 5.03 Å². The van der Waals surface area contributed by atoms with Gasteiger partial charge in [0.2, 0.25) is 5.88 Å². The molecule has 3 N–H and O–H groups in total. The fourth-order valence-electron chi connectivity index (χ4n) is 4.61. The van der Waals surface area contributed by atoms with Crippen LogP contribution in [0.25, 0.3) is 11.3 Å². The lowest BCUT2D eigenvalue weighted by Gasteiger charge is -2.16. The minimum atomic E-state index is -4.39. The van der Waals surface area contributed by atoms with Crippen LogP contribution < -0.4 is 19.9 Å². The van der Waals surface area contributed by atoms with Crippen molar-refractivity contribution in [2.24, 2.45) is 0 Å². The molecule has 0 aliphatic heterocycles. The quantitative estimate of drug-likeness (QED) is 0.180. The number of hydrogen-bond acceptors (Lipinski definition) is 8. The van der Waals surface area contributed by atoms with E-state index in [1.54, 1.807) is 6.07 Å². The highest BCUT2D eigenvalue weighted by Gasteiger charge is 2.25. The number of pyridine rings is 2. The van der Waals surface area contributed by atoms with Crippen LogP contribution in [0, 0.1) is 26.6 Å². The van der Waals surface area contributed by atoms with Gasteiger partial charge in [-0.2, -0.15) is 8.42 Å². The highest BCUT2D eigenvalue weighted by atomic mass is 32.2. The second-order valence-corrected chi connectivity index (χ2v) is 11.8. The van der Waals surface area contributed by atoms with E-state index in [1.165, 1.54) is 42.5 Å². The van der Waals surface area contributed by atoms with Gasteiger partial charge in [-0.25, -0.2) is 19.1 Å². The van der Waals surface area contributed by atoms with Crippen LogP contribution in [0.5, 0.6) is 17.4 Å². The first-order valence-electron chi connectivity index (χ1n) is 13.5. The van der Waals surface area contributed by atoms with Crippen LogP contribution in [0.3, 0.4) is 0 Å². The summed E-state index contributed by atoms with van der Waals surface area (Å²) in [5.74, 6) is -1.11. The van der Waals surface area contributed by atoms with Crippen molar-refractivity contribution in [1.29, 1.82) is 0 Å². The van der Waals surface area contributed by atoms with Crippen LogP contribution in [0.2, 0.25) is 0 Å². The number of amides is 1. The predicted molar refractivity (Wildman–Crippen MR) is 171 cm³/mol. The maximum Gasteiger partial charge on any atom is 0.281 e. The average molecular weight is 619 g/mol. The largest absolute Gasteiger partial charge is 0.489 e. The third-order valence-corrected chi connectivity index (χ3v) is 7.85. The third-order valence-electron chi connectivity index (χ3n) is 6.62. The fraction of sp³-hybridized carbons (Fsp3) is 0.121. The Morgan fingerprint density at radius 3 is 2.32 bits per heavy atom. The first-order chi connectivity index (χ1) is 21.0. The van der Waals surface area contributed by atoms with E-state index in [2.05, 4.69) is 9.97 Å². The highest BCUT2D eigenvalue weighted by molar-refractivity contribution is 7.90. The van der Waals surface area contributed by atoms with Crippen molar-refractivity contribution in [3.63, 3.8) is 0 Å². The molecule has 3 aromatic carbocycles. The number of rotatable bonds is 9. The van der Waals surface area contributed by atoms with Crippen LogP contribution in [-0.2, 0) is 16.6 Å². The van der Waals surface area contributed by atoms with Gasteiger partial charge >= 0.3 is 0 Å². The molecule has 11 heteroatoms. The van der Waals surface area contributed by atoms with Gasteiger partial charge in [0.25, 0.3) is 15.9 Å². The number of anilines is 1. The number of nitrogen functional groups attached to an aromatic ring is 1. The second kappa shape index (κ2) is 12.5. The molecule has 2 aromatic heterocycles. The van der Waals surface area contributed by atoms with Crippen molar-refractivity contribution in [3.8, 4) is 28.6 Å². The zero-order valence-corrected chi connectivity index (χ0v) is 25.0. The van der Waals surface area contributed by atoms with Gasteiger partial charge in [-0.15, -0.1) is 0 Å². The zero-order valence-electron chi connectivity index (χ0n) is 24.2. The smallest absolute Gasteiger partial charge is 0.281 e. The van der Waals surface area contributed by atoms with E-state index in [9.17, 15) is 13.2 Å². The molecule has 0 bridgehead atoms. The third kappa shape index (κ3) is 6.84. The fourth-order valence-corrected chi connectivity index (χ4v) is 5.55. The number of halogens is 1. The molecular weight excluding hydrogens is 583 g/mol. The Morgan fingerprint density at radius 2 is 1.64 bits per heavy atom. The van der Waals surface area contributed by atoms with E-state index in [1.807, 2.05) is 68.0 Å². The van der Waals surface area contributed by atoms with Crippen LogP contribution in [0.15, 0.2) is 96.0 Å². The van der Waals surface area contributed by atoms with Crippen LogP contribution >= 0.6 is 0 Å². The summed E-state index contributed by atoms with van der Waals surface area (Å²) >= 11 is 0. The van der Waals surface area contributed by atoms with Crippen molar-refractivity contribution in [1.82, 2.24) is 14.7 Å². The van der Waals surface area contributed by atoms with E-state index < -0.39 is 26.8 Å². The molecule has 0 radical (unpaired) electrons. The van der Waals surface area contributed by atoms with Gasteiger partial charge in [0.1, 0.15) is 35.3 Å². The molecule has 44 heavy (non-hydrogen) atoms. The lowest BCUT2D eigenvalue weighted by atomic mass is 10.1. The summed E-state index contributed by atoms with van der Waals surface area (Å²) in [6, 6.07) is 24.4. The van der Waals surface area contributed by atoms with Gasteiger partial charge in [0, 0.05) is 15.9 Å². The molecule has 0 saturated carbocycles. The molecule has 230 valence electrons. The van der Waals surface area contributed by atoms with Crippen molar-refractivity contribution < 1.29 is 31.4 Å². The van der Waals surface area contributed by atoms with Crippen molar-refractivity contribution in [3.05, 3.63) is 125 Å². The van der Waals surface area contributed by atoms with E-state index in [0.29, 0.717) is 11.5 Å². The molecule has 0 spiro atoms. The summed E-state index contributed by atoms with van der Waals surface area (Å²) in [5.41, 5.74) is 9.20. The molecule has 0 saturated heterocycles. The SMILES string of the molecule is Cc1cc(C)c(Oc2nc(-c3ccc(OCc4ccccc4)cc3F)ccc2C(=O)NS(=O)(=O)c2cccc(N)n2)c(C)c1.[HH].[HH].[HH]. The summed E-state index contributed by atoms with van der Waals surface area (Å²) < 4.78 is 55.1. The Hall–Kier alpha value is -5.29. The van der Waals surface area contributed by atoms with Gasteiger partial charge in [-0.05, 0) is 73.9 Å². The first-order valence-corrected chi connectivity index (χ1v) is 15.0. The van der Waals surface area contributed by atoms with Gasteiger partial charge in [0.05, 0.1) is 5.69 Å².